The Labute approximate surface area is 169 Å². The van der Waals surface area contributed by atoms with Gasteiger partial charge in [-0.1, -0.05) is 41.9 Å². The van der Waals surface area contributed by atoms with Crippen LogP contribution >= 0.6 is 11.6 Å². The van der Waals surface area contributed by atoms with Crippen LogP contribution in [0.1, 0.15) is 11.4 Å². The van der Waals surface area contributed by atoms with E-state index >= 15 is 0 Å². The highest BCUT2D eigenvalue weighted by Gasteiger charge is 2.18. The molecule has 3 aromatic carbocycles. The molecule has 0 fully saturated rings. The Morgan fingerprint density at radius 3 is 2.52 bits per heavy atom. The van der Waals surface area contributed by atoms with Crippen LogP contribution in [0.25, 0.3) is 28.4 Å². The second-order valence-corrected chi connectivity index (χ2v) is 6.65. The van der Waals surface area contributed by atoms with Crippen LogP contribution in [-0.4, -0.2) is 14.7 Å². The topological polar surface area (TPSA) is 55.1 Å². The Hall–Kier alpha value is -3.51. The average Bonchev–Trinajstić information content (AvgIpc) is 2.71. The van der Waals surface area contributed by atoms with E-state index in [2.05, 4.69) is 4.98 Å². The van der Waals surface area contributed by atoms with Gasteiger partial charge in [-0.05, 0) is 42.5 Å². The number of hydrogen-bond acceptors (Lipinski definition) is 3. The van der Waals surface area contributed by atoms with Gasteiger partial charge < -0.3 is 5.11 Å². The molecule has 0 saturated heterocycles. The lowest BCUT2D eigenvalue weighted by Gasteiger charge is -2.14. The van der Waals surface area contributed by atoms with Gasteiger partial charge in [-0.3, -0.25) is 9.36 Å². The number of aliphatic hydroxyl groups is 1. The number of para-hydroxylation sites is 1. The Balaban J connectivity index is 2.06. The van der Waals surface area contributed by atoms with E-state index in [1.54, 1.807) is 30.3 Å². The van der Waals surface area contributed by atoms with Crippen molar-refractivity contribution in [2.24, 2.45) is 0 Å². The maximum atomic E-state index is 14.0. The molecule has 4 rings (SSSR count). The smallest absolute Gasteiger partial charge is 0.266 e. The molecule has 144 valence electrons. The average molecular weight is 411 g/mol. The molecule has 29 heavy (non-hydrogen) atoms. The number of hydrogen-bond donors (Lipinski definition) is 1. The number of halogens is 3. The first kappa shape index (κ1) is 18.8. The number of rotatable bonds is 3. The van der Waals surface area contributed by atoms with Crippen molar-refractivity contribution >= 4 is 34.3 Å². The lowest BCUT2D eigenvalue weighted by Crippen LogP contribution is -2.24. The molecule has 0 aliphatic rings. The van der Waals surface area contributed by atoms with E-state index in [-0.39, 0.29) is 33.0 Å². The highest BCUT2D eigenvalue weighted by atomic mass is 35.5. The third-order valence-electron chi connectivity index (χ3n) is 4.35. The largest absolute Gasteiger partial charge is 0.504 e. The van der Waals surface area contributed by atoms with E-state index in [1.807, 2.05) is 0 Å². The molecule has 1 aromatic heterocycles. The van der Waals surface area contributed by atoms with Gasteiger partial charge in [0.05, 0.1) is 21.6 Å². The SMILES string of the molecule is O=c1c2cc(F)ccc2nc(/C(O)=C/c2ccccc2F)n1-c1ccccc1Cl. The Kier molecular flexibility index (Phi) is 4.86. The van der Waals surface area contributed by atoms with Gasteiger partial charge in [-0.25, -0.2) is 13.8 Å². The summed E-state index contributed by atoms with van der Waals surface area (Å²) in [6, 6.07) is 15.9. The number of benzene rings is 3. The molecule has 4 aromatic rings. The van der Waals surface area contributed by atoms with Gasteiger partial charge in [0, 0.05) is 5.56 Å². The van der Waals surface area contributed by atoms with Crippen LogP contribution < -0.4 is 5.56 Å². The standard InChI is InChI=1S/C22H13ClF2N2O2/c23-16-6-2-4-8-19(16)27-21(20(28)11-13-5-1-3-7-17(13)25)26-18-10-9-14(24)12-15(18)22(27)29/h1-12,28H/b20-11-. The van der Waals surface area contributed by atoms with Gasteiger partial charge in [0.25, 0.3) is 5.56 Å². The van der Waals surface area contributed by atoms with E-state index in [1.165, 1.54) is 30.3 Å². The van der Waals surface area contributed by atoms with Crippen LogP contribution in [0.15, 0.2) is 71.5 Å². The fraction of sp³-hybridized carbons (Fsp3) is 0. The monoisotopic (exact) mass is 410 g/mol. The van der Waals surface area contributed by atoms with Crippen molar-refractivity contribution in [2.75, 3.05) is 0 Å². The van der Waals surface area contributed by atoms with Crippen molar-refractivity contribution in [3.05, 3.63) is 105 Å². The number of aliphatic hydroxyl groups excluding tert-OH is 1. The number of aromatic nitrogens is 2. The minimum atomic E-state index is -0.619. The van der Waals surface area contributed by atoms with E-state index in [4.69, 9.17) is 11.6 Å². The zero-order valence-corrected chi connectivity index (χ0v) is 15.6. The van der Waals surface area contributed by atoms with E-state index < -0.39 is 23.0 Å². The molecule has 0 aliphatic carbocycles. The molecular formula is C22H13ClF2N2O2. The molecule has 7 heteroatoms. The molecule has 0 spiro atoms. The van der Waals surface area contributed by atoms with E-state index in [0.717, 1.165) is 16.7 Å². The van der Waals surface area contributed by atoms with E-state index in [9.17, 15) is 18.7 Å². The molecule has 4 nitrogen and oxygen atoms in total. The van der Waals surface area contributed by atoms with Gasteiger partial charge >= 0.3 is 0 Å². The Morgan fingerprint density at radius 2 is 1.76 bits per heavy atom. The van der Waals surface area contributed by atoms with Gasteiger partial charge in [-0.2, -0.15) is 0 Å². The molecule has 0 atom stereocenters. The van der Waals surface area contributed by atoms with Crippen LogP contribution in [0, 0.1) is 11.6 Å². The second-order valence-electron chi connectivity index (χ2n) is 6.24. The van der Waals surface area contributed by atoms with Crippen LogP contribution in [0.3, 0.4) is 0 Å². The molecule has 0 aliphatic heterocycles. The summed E-state index contributed by atoms with van der Waals surface area (Å²) >= 11 is 6.25. The summed E-state index contributed by atoms with van der Waals surface area (Å²) in [6.07, 6.45) is 1.17. The Bertz CT molecular complexity index is 1330. The van der Waals surface area contributed by atoms with Crippen LogP contribution in [0.5, 0.6) is 0 Å². The maximum absolute atomic E-state index is 14.0. The quantitative estimate of drug-likeness (QED) is 0.462. The summed E-state index contributed by atoms with van der Waals surface area (Å²) in [4.78, 5) is 17.5. The predicted molar refractivity (Wildman–Crippen MR) is 109 cm³/mol. The van der Waals surface area contributed by atoms with Gasteiger partial charge in [0.15, 0.2) is 11.6 Å². The van der Waals surface area contributed by atoms with Crippen molar-refractivity contribution in [3.63, 3.8) is 0 Å². The first-order chi connectivity index (χ1) is 14.0. The highest BCUT2D eigenvalue weighted by Crippen LogP contribution is 2.25. The normalized spacial score (nSPS) is 11.8. The van der Waals surface area contributed by atoms with Crippen LogP contribution in [0.2, 0.25) is 5.02 Å². The lowest BCUT2D eigenvalue weighted by atomic mass is 10.1. The molecule has 0 unspecified atom stereocenters. The summed E-state index contributed by atoms with van der Waals surface area (Å²) in [7, 11) is 0. The Morgan fingerprint density at radius 1 is 1.03 bits per heavy atom. The zero-order valence-electron chi connectivity index (χ0n) is 14.8. The highest BCUT2D eigenvalue weighted by molar-refractivity contribution is 6.32. The van der Waals surface area contributed by atoms with Crippen molar-refractivity contribution in [3.8, 4) is 5.69 Å². The van der Waals surface area contributed by atoms with Gasteiger partial charge in [0.2, 0.25) is 0 Å². The van der Waals surface area contributed by atoms with Gasteiger partial charge in [-0.15, -0.1) is 0 Å². The third-order valence-corrected chi connectivity index (χ3v) is 4.67. The summed E-state index contributed by atoms with van der Waals surface area (Å²) in [6.45, 7) is 0. The fourth-order valence-electron chi connectivity index (χ4n) is 2.99. The van der Waals surface area contributed by atoms with Gasteiger partial charge in [0.1, 0.15) is 11.6 Å². The zero-order chi connectivity index (χ0) is 20.5. The van der Waals surface area contributed by atoms with Crippen LogP contribution in [0.4, 0.5) is 8.78 Å². The lowest BCUT2D eigenvalue weighted by molar-refractivity contribution is 0.504. The minimum absolute atomic E-state index is 0.0207. The number of fused-ring (bicyclic) bond motifs is 1. The second kappa shape index (κ2) is 7.48. The van der Waals surface area contributed by atoms with E-state index in [0.29, 0.717) is 0 Å². The summed E-state index contributed by atoms with van der Waals surface area (Å²) in [5, 5.41) is 11.0. The van der Waals surface area contributed by atoms with Crippen molar-refractivity contribution in [2.45, 2.75) is 0 Å². The van der Waals surface area contributed by atoms with Crippen LogP contribution in [-0.2, 0) is 0 Å². The maximum Gasteiger partial charge on any atom is 0.266 e. The van der Waals surface area contributed by atoms with Crippen molar-refractivity contribution in [1.82, 2.24) is 9.55 Å². The molecule has 0 bridgehead atoms. The molecular weight excluding hydrogens is 398 g/mol. The molecule has 1 N–H and O–H groups in total. The summed E-state index contributed by atoms with van der Waals surface area (Å²) < 4.78 is 28.8. The van der Waals surface area contributed by atoms with Crippen molar-refractivity contribution < 1.29 is 13.9 Å². The summed E-state index contributed by atoms with van der Waals surface area (Å²) in [5.74, 6) is -1.74. The third kappa shape index (κ3) is 3.50. The molecule has 1 heterocycles. The molecule has 0 saturated carbocycles. The number of nitrogens with zero attached hydrogens (tertiary/aromatic N) is 2. The molecule has 0 radical (unpaired) electrons. The minimum Gasteiger partial charge on any atom is -0.504 e. The first-order valence-electron chi connectivity index (χ1n) is 8.58. The predicted octanol–water partition coefficient (Wildman–Crippen LogP) is 5.37. The first-order valence-corrected chi connectivity index (χ1v) is 8.96. The fourth-order valence-corrected chi connectivity index (χ4v) is 3.21. The van der Waals surface area contributed by atoms with Crippen molar-refractivity contribution in [1.29, 1.82) is 0 Å². The molecule has 0 amide bonds. The summed E-state index contributed by atoms with van der Waals surface area (Å²) in [5.41, 5.74) is -0.0697.